The molecular weight excluding hydrogens is 232 g/mol. The maximum absolute atomic E-state index is 12.3. The van der Waals surface area contributed by atoms with Crippen LogP contribution in [-0.4, -0.2) is 40.6 Å². The first kappa shape index (κ1) is 14.8. The lowest BCUT2D eigenvalue weighted by Gasteiger charge is -2.30. The number of carbonyl (C=O) groups is 1. The fourth-order valence-electron chi connectivity index (χ4n) is 2.17. The zero-order valence-electron chi connectivity index (χ0n) is 11.9. The summed E-state index contributed by atoms with van der Waals surface area (Å²) in [7, 11) is 0. The second-order valence-corrected chi connectivity index (χ2v) is 7.47. The maximum atomic E-state index is 12.3. The Balaban J connectivity index is 2.66. The maximum Gasteiger partial charge on any atom is 0.241 e. The number of hydrogen-bond acceptors (Lipinski definition) is 3. The molecule has 100 valence electrons. The van der Waals surface area contributed by atoms with Crippen LogP contribution in [-0.2, 0) is 4.79 Å². The van der Waals surface area contributed by atoms with Crippen LogP contribution in [0, 0.1) is 5.92 Å². The first-order valence-corrected chi connectivity index (χ1v) is 7.61. The molecule has 1 heterocycles. The van der Waals surface area contributed by atoms with Crippen molar-refractivity contribution < 1.29 is 4.79 Å². The molecule has 1 fully saturated rings. The summed E-state index contributed by atoms with van der Waals surface area (Å²) in [4.78, 5) is 14.3. The molecule has 3 nitrogen and oxygen atoms in total. The summed E-state index contributed by atoms with van der Waals surface area (Å²) in [6.45, 7) is 11.6. The van der Waals surface area contributed by atoms with Gasteiger partial charge < -0.3 is 4.90 Å². The Kier molecular flexibility index (Phi) is 4.90. The van der Waals surface area contributed by atoms with Crippen molar-refractivity contribution in [3.63, 3.8) is 0 Å². The summed E-state index contributed by atoms with van der Waals surface area (Å²) in [5.41, 5.74) is 0. The number of thioether (sulfide) groups is 1. The molecule has 2 atom stereocenters. The fourth-order valence-corrected chi connectivity index (χ4v) is 2.44. The standard InChI is InChI=1S/C13H26N2OS/c1-9(2)7-11-12(16)15(10(3)14-11)8-13(4,5)17-6/h9-11,14H,7-8H2,1-6H3. The minimum absolute atomic E-state index is 0.0163. The van der Waals surface area contributed by atoms with E-state index >= 15 is 0 Å². The van der Waals surface area contributed by atoms with Crippen molar-refractivity contribution in [1.29, 1.82) is 0 Å². The molecule has 0 radical (unpaired) electrons. The molecule has 0 saturated carbocycles. The van der Waals surface area contributed by atoms with Gasteiger partial charge in [0.25, 0.3) is 0 Å². The fraction of sp³-hybridized carbons (Fsp3) is 0.923. The quantitative estimate of drug-likeness (QED) is 0.821. The van der Waals surface area contributed by atoms with E-state index in [9.17, 15) is 4.79 Å². The minimum atomic E-state index is 0.0163. The SMILES string of the molecule is CSC(C)(C)CN1C(=O)C(CC(C)C)NC1C. The highest BCUT2D eigenvalue weighted by Crippen LogP contribution is 2.26. The number of nitrogens with one attached hydrogen (secondary N) is 1. The van der Waals surface area contributed by atoms with Crippen molar-refractivity contribution in [3.05, 3.63) is 0 Å². The Labute approximate surface area is 110 Å². The Bertz CT molecular complexity index is 279. The van der Waals surface area contributed by atoms with Gasteiger partial charge in [0.05, 0.1) is 12.2 Å². The number of nitrogens with zero attached hydrogens (tertiary/aromatic N) is 1. The van der Waals surface area contributed by atoms with Crippen molar-refractivity contribution in [1.82, 2.24) is 10.2 Å². The molecule has 17 heavy (non-hydrogen) atoms. The van der Waals surface area contributed by atoms with Crippen LogP contribution >= 0.6 is 11.8 Å². The van der Waals surface area contributed by atoms with Gasteiger partial charge in [0.1, 0.15) is 0 Å². The third kappa shape index (κ3) is 3.88. The molecule has 0 bridgehead atoms. The molecule has 1 saturated heterocycles. The summed E-state index contributed by atoms with van der Waals surface area (Å²) in [6, 6.07) is 0.0163. The van der Waals surface area contributed by atoms with Gasteiger partial charge in [0, 0.05) is 11.3 Å². The van der Waals surface area contributed by atoms with E-state index in [1.54, 1.807) is 0 Å². The Morgan fingerprint density at radius 2 is 2.06 bits per heavy atom. The molecule has 0 aromatic rings. The molecule has 0 aromatic heterocycles. The average molecular weight is 258 g/mol. The van der Waals surface area contributed by atoms with Gasteiger partial charge in [-0.3, -0.25) is 10.1 Å². The van der Waals surface area contributed by atoms with E-state index in [2.05, 4.69) is 46.2 Å². The van der Waals surface area contributed by atoms with Crippen LogP contribution < -0.4 is 5.32 Å². The lowest BCUT2D eigenvalue weighted by Crippen LogP contribution is -2.43. The van der Waals surface area contributed by atoms with Gasteiger partial charge in [0.2, 0.25) is 5.91 Å². The van der Waals surface area contributed by atoms with Crippen LogP contribution in [0.4, 0.5) is 0 Å². The summed E-state index contributed by atoms with van der Waals surface area (Å²) >= 11 is 1.81. The lowest BCUT2D eigenvalue weighted by atomic mass is 10.0. The monoisotopic (exact) mass is 258 g/mol. The van der Waals surface area contributed by atoms with Gasteiger partial charge in [-0.2, -0.15) is 11.8 Å². The first-order valence-electron chi connectivity index (χ1n) is 6.38. The molecule has 2 unspecified atom stereocenters. The van der Waals surface area contributed by atoms with E-state index in [1.807, 2.05) is 16.7 Å². The topological polar surface area (TPSA) is 32.3 Å². The van der Waals surface area contributed by atoms with E-state index in [0.717, 1.165) is 13.0 Å². The molecular formula is C13H26N2OS. The molecule has 1 amide bonds. The summed E-state index contributed by atoms with van der Waals surface area (Å²) in [5.74, 6) is 0.825. The highest BCUT2D eigenvalue weighted by molar-refractivity contribution is 7.99. The summed E-state index contributed by atoms with van der Waals surface area (Å²) in [6.07, 6.45) is 3.20. The van der Waals surface area contributed by atoms with Crippen molar-refractivity contribution in [2.75, 3.05) is 12.8 Å². The number of amides is 1. The lowest BCUT2D eigenvalue weighted by molar-refractivity contribution is -0.130. The molecule has 1 aliphatic rings. The van der Waals surface area contributed by atoms with E-state index < -0.39 is 0 Å². The van der Waals surface area contributed by atoms with Crippen LogP contribution in [0.2, 0.25) is 0 Å². The summed E-state index contributed by atoms with van der Waals surface area (Å²) in [5, 5.41) is 3.40. The second-order valence-electron chi connectivity index (χ2n) is 5.95. The van der Waals surface area contributed by atoms with Crippen LogP contribution in [0.3, 0.4) is 0 Å². The smallest absolute Gasteiger partial charge is 0.241 e. The van der Waals surface area contributed by atoms with Crippen LogP contribution in [0.25, 0.3) is 0 Å². The number of rotatable bonds is 5. The van der Waals surface area contributed by atoms with E-state index in [-0.39, 0.29) is 22.9 Å². The number of hydrogen-bond donors (Lipinski definition) is 1. The minimum Gasteiger partial charge on any atom is -0.325 e. The molecule has 0 aromatic carbocycles. The van der Waals surface area contributed by atoms with Crippen LogP contribution in [0.5, 0.6) is 0 Å². The Morgan fingerprint density at radius 3 is 2.53 bits per heavy atom. The highest BCUT2D eigenvalue weighted by atomic mass is 32.2. The predicted octanol–water partition coefficient (Wildman–Crippen LogP) is 2.32. The van der Waals surface area contributed by atoms with Gasteiger partial charge in [-0.1, -0.05) is 13.8 Å². The highest BCUT2D eigenvalue weighted by Gasteiger charge is 2.38. The molecule has 0 spiro atoms. The predicted molar refractivity (Wildman–Crippen MR) is 75.1 cm³/mol. The normalized spacial score (nSPS) is 26.1. The van der Waals surface area contributed by atoms with Crippen molar-refractivity contribution in [2.24, 2.45) is 5.92 Å². The van der Waals surface area contributed by atoms with Gasteiger partial charge in [-0.25, -0.2) is 0 Å². The van der Waals surface area contributed by atoms with Crippen molar-refractivity contribution >= 4 is 17.7 Å². The van der Waals surface area contributed by atoms with E-state index in [1.165, 1.54) is 0 Å². The molecule has 1 N–H and O–H groups in total. The molecule has 1 aliphatic heterocycles. The van der Waals surface area contributed by atoms with Crippen molar-refractivity contribution in [2.45, 2.75) is 58.0 Å². The Morgan fingerprint density at radius 1 is 1.47 bits per heavy atom. The third-order valence-corrected chi connectivity index (χ3v) is 4.54. The van der Waals surface area contributed by atoms with Gasteiger partial charge in [-0.15, -0.1) is 0 Å². The third-order valence-electron chi connectivity index (χ3n) is 3.30. The average Bonchev–Trinajstić information content (AvgIpc) is 2.45. The molecule has 1 rings (SSSR count). The van der Waals surface area contributed by atoms with Crippen LogP contribution in [0.1, 0.15) is 41.0 Å². The van der Waals surface area contributed by atoms with Crippen molar-refractivity contribution in [3.8, 4) is 0 Å². The van der Waals surface area contributed by atoms with Gasteiger partial charge in [0.15, 0.2) is 0 Å². The van der Waals surface area contributed by atoms with E-state index in [0.29, 0.717) is 5.92 Å². The van der Waals surface area contributed by atoms with Crippen LogP contribution in [0.15, 0.2) is 0 Å². The molecule has 4 heteroatoms. The largest absolute Gasteiger partial charge is 0.325 e. The molecule has 0 aliphatic carbocycles. The van der Waals surface area contributed by atoms with Gasteiger partial charge >= 0.3 is 0 Å². The second kappa shape index (κ2) is 5.61. The zero-order valence-corrected chi connectivity index (χ0v) is 12.7. The first-order chi connectivity index (χ1) is 7.76. The zero-order chi connectivity index (χ0) is 13.2. The van der Waals surface area contributed by atoms with E-state index in [4.69, 9.17) is 0 Å². The number of carbonyl (C=O) groups excluding carboxylic acids is 1. The summed E-state index contributed by atoms with van der Waals surface area (Å²) < 4.78 is 0.123. The van der Waals surface area contributed by atoms with Gasteiger partial charge in [-0.05, 0) is 39.4 Å². The Hall–Kier alpha value is -0.220.